The molecule has 1 aromatic carbocycles. The molecule has 2 fully saturated rings. The number of rotatable bonds is 5. The van der Waals surface area contributed by atoms with Crippen LogP contribution in [0, 0.1) is 5.92 Å². The Bertz CT molecular complexity index is 579. The summed E-state index contributed by atoms with van der Waals surface area (Å²) in [4.78, 5) is 16.1. The maximum Gasteiger partial charge on any atom is 0.416 e. The fourth-order valence-electron chi connectivity index (χ4n) is 2.84. The molecule has 1 heterocycles. The Kier molecular flexibility index (Phi) is 4.99. The number of ether oxygens (including phenoxy) is 1. The van der Waals surface area contributed by atoms with Crippen LogP contribution in [0.1, 0.15) is 18.4 Å². The van der Waals surface area contributed by atoms with Gasteiger partial charge in [0.1, 0.15) is 12.4 Å². The van der Waals surface area contributed by atoms with Crippen LogP contribution in [-0.4, -0.2) is 55.0 Å². The minimum absolute atomic E-state index is 0.229. The number of amides is 1. The summed E-state index contributed by atoms with van der Waals surface area (Å²) in [5.74, 6) is 0.753. The van der Waals surface area contributed by atoms with Crippen LogP contribution in [0.15, 0.2) is 24.3 Å². The van der Waals surface area contributed by atoms with Crippen molar-refractivity contribution < 1.29 is 22.7 Å². The first-order valence-electron chi connectivity index (χ1n) is 8.25. The fraction of sp³-hybridized carbons (Fsp3) is 0.588. The van der Waals surface area contributed by atoms with E-state index in [1.807, 2.05) is 4.90 Å². The van der Waals surface area contributed by atoms with Gasteiger partial charge in [0, 0.05) is 38.6 Å². The van der Waals surface area contributed by atoms with Crippen molar-refractivity contribution in [3.05, 3.63) is 29.8 Å². The maximum atomic E-state index is 12.6. The molecule has 1 amide bonds. The summed E-state index contributed by atoms with van der Waals surface area (Å²) in [5, 5.41) is 0. The summed E-state index contributed by atoms with van der Waals surface area (Å²) in [6, 6.07) is 4.93. The molecule has 4 nitrogen and oxygen atoms in total. The highest BCUT2D eigenvalue weighted by Crippen LogP contribution is 2.32. The number of halogens is 3. The number of alkyl halides is 3. The number of nitrogens with zero attached hydrogens (tertiary/aromatic N) is 2. The van der Waals surface area contributed by atoms with E-state index in [0.29, 0.717) is 13.2 Å². The number of carbonyl (C=O) groups excluding carboxylic acids is 1. The van der Waals surface area contributed by atoms with Crippen LogP contribution < -0.4 is 4.74 Å². The van der Waals surface area contributed by atoms with E-state index in [2.05, 4.69) is 4.90 Å². The molecule has 0 radical (unpaired) electrons. The van der Waals surface area contributed by atoms with Crippen molar-refractivity contribution in [2.45, 2.75) is 19.0 Å². The van der Waals surface area contributed by atoms with Gasteiger partial charge >= 0.3 is 6.18 Å². The van der Waals surface area contributed by atoms with Gasteiger partial charge < -0.3 is 9.64 Å². The second-order valence-electron chi connectivity index (χ2n) is 6.32. The van der Waals surface area contributed by atoms with Crippen molar-refractivity contribution in [1.82, 2.24) is 9.80 Å². The largest absolute Gasteiger partial charge is 0.492 e. The Morgan fingerprint density at radius 2 is 1.88 bits per heavy atom. The lowest BCUT2D eigenvalue weighted by Crippen LogP contribution is -2.50. The van der Waals surface area contributed by atoms with Crippen molar-refractivity contribution in [1.29, 1.82) is 0 Å². The third kappa shape index (κ3) is 4.41. The number of hydrogen-bond acceptors (Lipinski definition) is 3. The van der Waals surface area contributed by atoms with Gasteiger partial charge in [-0.2, -0.15) is 13.2 Å². The molecule has 132 valence electrons. The van der Waals surface area contributed by atoms with Crippen molar-refractivity contribution >= 4 is 5.91 Å². The Balaban J connectivity index is 1.40. The molecule has 1 saturated carbocycles. The first-order chi connectivity index (χ1) is 11.4. The smallest absolute Gasteiger partial charge is 0.416 e. The average Bonchev–Trinajstić information content (AvgIpc) is 3.39. The van der Waals surface area contributed by atoms with E-state index < -0.39 is 11.7 Å². The van der Waals surface area contributed by atoms with E-state index in [9.17, 15) is 18.0 Å². The topological polar surface area (TPSA) is 32.8 Å². The fourth-order valence-corrected chi connectivity index (χ4v) is 2.84. The Morgan fingerprint density at radius 1 is 1.17 bits per heavy atom. The highest BCUT2D eigenvalue weighted by Gasteiger charge is 2.34. The zero-order valence-corrected chi connectivity index (χ0v) is 13.4. The van der Waals surface area contributed by atoms with Gasteiger partial charge in [-0.3, -0.25) is 9.69 Å². The van der Waals surface area contributed by atoms with Crippen molar-refractivity contribution in [2.24, 2.45) is 5.92 Å². The summed E-state index contributed by atoms with van der Waals surface area (Å²) in [5.41, 5.74) is -0.702. The third-order valence-electron chi connectivity index (χ3n) is 4.45. The van der Waals surface area contributed by atoms with Gasteiger partial charge in [-0.25, -0.2) is 0 Å². The molecule has 0 spiro atoms. The van der Waals surface area contributed by atoms with Gasteiger partial charge in [-0.05, 0) is 31.0 Å². The molecule has 7 heteroatoms. The van der Waals surface area contributed by atoms with Crippen molar-refractivity contribution in [2.75, 3.05) is 39.3 Å². The van der Waals surface area contributed by atoms with Crippen molar-refractivity contribution in [3.63, 3.8) is 0 Å². The third-order valence-corrected chi connectivity index (χ3v) is 4.45. The van der Waals surface area contributed by atoms with Gasteiger partial charge in [0.05, 0.1) is 5.56 Å². The molecule has 1 aromatic rings. The van der Waals surface area contributed by atoms with E-state index in [4.69, 9.17) is 4.74 Å². The average molecular weight is 342 g/mol. The molecular weight excluding hydrogens is 321 g/mol. The maximum absolute atomic E-state index is 12.6. The molecule has 0 aromatic heterocycles. The number of carbonyl (C=O) groups is 1. The normalized spacial score (nSPS) is 19.4. The summed E-state index contributed by atoms with van der Waals surface area (Å²) >= 11 is 0. The zero-order chi connectivity index (χ0) is 17.2. The van der Waals surface area contributed by atoms with Crippen LogP contribution in [0.4, 0.5) is 13.2 Å². The van der Waals surface area contributed by atoms with E-state index in [1.54, 1.807) is 0 Å². The molecule has 0 bridgehead atoms. The first kappa shape index (κ1) is 17.1. The summed E-state index contributed by atoms with van der Waals surface area (Å²) in [6.07, 6.45) is -2.32. The molecule has 1 aliphatic heterocycles. The molecule has 0 atom stereocenters. The highest BCUT2D eigenvalue weighted by molar-refractivity contribution is 5.81. The molecular formula is C17H21F3N2O2. The molecule has 24 heavy (non-hydrogen) atoms. The van der Waals surface area contributed by atoms with Crippen LogP contribution in [0.25, 0.3) is 0 Å². The van der Waals surface area contributed by atoms with Crippen LogP contribution in [0.5, 0.6) is 5.75 Å². The zero-order valence-electron chi connectivity index (χ0n) is 13.4. The minimum atomic E-state index is -4.36. The number of benzene rings is 1. The quantitative estimate of drug-likeness (QED) is 0.825. The first-order valence-corrected chi connectivity index (χ1v) is 8.25. The monoisotopic (exact) mass is 342 g/mol. The van der Waals surface area contributed by atoms with Gasteiger partial charge in [-0.1, -0.05) is 6.07 Å². The Hall–Kier alpha value is -1.76. The predicted octanol–water partition coefficient (Wildman–Crippen LogP) is 2.64. The summed E-state index contributed by atoms with van der Waals surface area (Å²) < 4.78 is 43.4. The lowest BCUT2D eigenvalue weighted by Gasteiger charge is -2.34. The number of piperazine rings is 1. The van der Waals surface area contributed by atoms with Crippen LogP contribution in [-0.2, 0) is 11.0 Å². The second kappa shape index (κ2) is 7.01. The molecule has 0 unspecified atom stereocenters. The van der Waals surface area contributed by atoms with E-state index >= 15 is 0 Å². The van der Waals surface area contributed by atoms with E-state index in [0.717, 1.165) is 51.2 Å². The standard InChI is InChI=1S/C17H21F3N2O2/c18-17(19,20)14-2-1-3-15(12-14)24-11-10-21-6-8-22(9-7-21)16(23)13-4-5-13/h1-3,12-13H,4-11H2. The molecule has 0 N–H and O–H groups in total. The molecule has 1 aliphatic carbocycles. The Morgan fingerprint density at radius 3 is 2.50 bits per heavy atom. The second-order valence-corrected chi connectivity index (χ2v) is 6.32. The van der Waals surface area contributed by atoms with Crippen LogP contribution >= 0.6 is 0 Å². The van der Waals surface area contributed by atoms with Crippen LogP contribution in [0.3, 0.4) is 0 Å². The van der Waals surface area contributed by atoms with Gasteiger partial charge in [0.25, 0.3) is 0 Å². The lowest BCUT2D eigenvalue weighted by molar-refractivity contribution is -0.137. The predicted molar refractivity (Wildman–Crippen MR) is 82.7 cm³/mol. The minimum Gasteiger partial charge on any atom is -0.492 e. The van der Waals surface area contributed by atoms with E-state index in [1.165, 1.54) is 12.1 Å². The molecule has 1 saturated heterocycles. The van der Waals surface area contributed by atoms with Crippen LogP contribution in [0.2, 0.25) is 0 Å². The van der Waals surface area contributed by atoms with Crippen molar-refractivity contribution in [3.8, 4) is 5.75 Å². The Labute approximate surface area is 139 Å². The lowest BCUT2D eigenvalue weighted by atomic mass is 10.2. The summed E-state index contributed by atoms with van der Waals surface area (Å²) in [6.45, 7) is 3.98. The van der Waals surface area contributed by atoms with Gasteiger partial charge in [-0.15, -0.1) is 0 Å². The number of hydrogen-bond donors (Lipinski definition) is 0. The van der Waals surface area contributed by atoms with E-state index in [-0.39, 0.29) is 17.6 Å². The molecule has 2 aliphatic rings. The SMILES string of the molecule is O=C(C1CC1)N1CCN(CCOc2cccc(C(F)(F)F)c2)CC1. The summed E-state index contributed by atoms with van der Waals surface area (Å²) in [7, 11) is 0. The highest BCUT2D eigenvalue weighted by atomic mass is 19.4. The van der Waals surface area contributed by atoms with Gasteiger partial charge in [0.2, 0.25) is 5.91 Å². The molecule has 3 rings (SSSR count). The van der Waals surface area contributed by atoms with Gasteiger partial charge in [0.15, 0.2) is 0 Å².